The van der Waals surface area contributed by atoms with E-state index in [0.29, 0.717) is 30.9 Å². The number of rotatable bonds is 7. The van der Waals surface area contributed by atoms with Crippen molar-refractivity contribution in [1.82, 2.24) is 4.90 Å². The summed E-state index contributed by atoms with van der Waals surface area (Å²) < 4.78 is 10.4. The summed E-state index contributed by atoms with van der Waals surface area (Å²) in [5.41, 5.74) is 3.25. The zero-order chi connectivity index (χ0) is 21.8. The first-order valence-electron chi connectivity index (χ1n) is 9.88. The van der Waals surface area contributed by atoms with Gasteiger partial charge in [0.05, 0.1) is 18.7 Å². The first-order valence-corrected chi connectivity index (χ1v) is 9.88. The molecular weight excluding hydrogens is 382 g/mol. The lowest BCUT2D eigenvalue weighted by molar-refractivity contribution is -0.140. The molecule has 0 aromatic heterocycles. The zero-order valence-electron chi connectivity index (χ0n) is 17.8. The lowest BCUT2D eigenvalue weighted by atomic mass is 9.94. The SMILES string of the molecule is COCCCN1C(=O)C(=O)C(=C(O)c2ccc(OC)c(C)c2)[C@@H]1c1ccc(C)cc1. The molecule has 0 spiro atoms. The van der Waals surface area contributed by atoms with Crippen molar-refractivity contribution in [2.45, 2.75) is 26.3 Å². The van der Waals surface area contributed by atoms with Gasteiger partial charge in [0.2, 0.25) is 0 Å². The molecule has 0 aliphatic carbocycles. The van der Waals surface area contributed by atoms with Crippen molar-refractivity contribution in [3.8, 4) is 5.75 Å². The van der Waals surface area contributed by atoms with Gasteiger partial charge in [0, 0.05) is 25.8 Å². The minimum absolute atomic E-state index is 0.103. The van der Waals surface area contributed by atoms with Crippen LogP contribution in [0.5, 0.6) is 5.75 Å². The van der Waals surface area contributed by atoms with Gasteiger partial charge in [0.15, 0.2) is 0 Å². The summed E-state index contributed by atoms with van der Waals surface area (Å²) in [6, 6.07) is 12.2. The predicted octanol–water partition coefficient (Wildman–Crippen LogP) is 3.77. The van der Waals surface area contributed by atoms with E-state index < -0.39 is 17.7 Å². The highest BCUT2D eigenvalue weighted by Crippen LogP contribution is 2.40. The van der Waals surface area contributed by atoms with Crippen LogP contribution in [0.4, 0.5) is 0 Å². The van der Waals surface area contributed by atoms with E-state index in [1.807, 2.05) is 38.1 Å². The molecule has 2 aromatic rings. The van der Waals surface area contributed by atoms with Crippen molar-refractivity contribution >= 4 is 17.4 Å². The Balaban J connectivity index is 2.12. The summed E-state index contributed by atoms with van der Waals surface area (Å²) in [4.78, 5) is 27.3. The molecule has 1 fully saturated rings. The lowest BCUT2D eigenvalue weighted by Gasteiger charge is -2.25. The zero-order valence-corrected chi connectivity index (χ0v) is 17.8. The molecule has 6 nitrogen and oxygen atoms in total. The van der Waals surface area contributed by atoms with Crippen LogP contribution in [0, 0.1) is 13.8 Å². The monoisotopic (exact) mass is 409 g/mol. The summed E-state index contributed by atoms with van der Waals surface area (Å²) >= 11 is 0. The van der Waals surface area contributed by atoms with Crippen LogP contribution in [-0.4, -0.2) is 49.1 Å². The molecule has 1 heterocycles. The standard InChI is InChI=1S/C24H27NO5/c1-15-6-8-17(9-7-15)21-20(23(27)24(28)25(21)12-5-13-29-3)22(26)18-10-11-19(30-4)16(2)14-18/h6-11,14,21,26H,5,12-13H2,1-4H3/t21-/m0/s1. The smallest absolute Gasteiger partial charge is 0.295 e. The van der Waals surface area contributed by atoms with Crippen molar-refractivity contribution < 1.29 is 24.2 Å². The molecule has 1 amide bonds. The fraction of sp³-hybridized carbons (Fsp3) is 0.333. The number of amides is 1. The van der Waals surface area contributed by atoms with E-state index >= 15 is 0 Å². The molecule has 6 heteroatoms. The molecule has 0 saturated carbocycles. The van der Waals surface area contributed by atoms with Gasteiger partial charge in [-0.2, -0.15) is 0 Å². The number of ether oxygens (including phenoxy) is 2. The van der Waals surface area contributed by atoms with Crippen LogP contribution >= 0.6 is 0 Å². The number of carbonyl (C=O) groups is 2. The molecule has 2 aromatic carbocycles. The highest BCUT2D eigenvalue weighted by molar-refractivity contribution is 6.46. The lowest BCUT2D eigenvalue weighted by Crippen LogP contribution is -2.31. The minimum Gasteiger partial charge on any atom is -0.507 e. The second-order valence-corrected chi connectivity index (χ2v) is 7.43. The number of ketones is 1. The quantitative estimate of drug-likeness (QED) is 0.326. The van der Waals surface area contributed by atoms with Gasteiger partial charge in [-0.15, -0.1) is 0 Å². The van der Waals surface area contributed by atoms with E-state index in [2.05, 4.69) is 0 Å². The third kappa shape index (κ3) is 4.09. The Morgan fingerprint density at radius 3 is 2.37 bits per heavy atom. The van der Waals surface area contributed by atoms with E-state index in [-0.39, 0.29) is 11.3 Å². The second-order valence-electron chi connectivity index (χ2n) is 7.43. The molecule has 158 valence electrons. The van der Waals surface area contributed by atoms with Gasteiger partial charge in [-0.25, -0.2) is 0 Å². The number of hydrogen-bond acceptors (Lipinski definition) is 5. The summed E-state index contributed by atoms with van der Waals surface area (Å²) in [6.45, 7) is 4.66. The summed E-state index contributed by atoms with van der Waals surface area (Å²) in [5.74, 6) is -0.784. The number of carbonyl (C=O) groups excluding carboxylic acids is 2. The van der Waals surface area contributed by atoms with Gasteiger partial charge in [-0.3, -0.25) is 9.59 Å². The molecule has 1 N–H and O–H groups in total. The Labute approximate surface area is 176 Å². The number of aliphatic hydroxyl groups excluding tert-OH is 1. The Morgan fingerprint density at radius 2 is 1.77 bits per heavy atom. The fourth-order valence-corrected chi connectivity index (χ4v) is 3.77. The van der Waals surface area contributed by atoms with Gasteiger partial charge in [0.25, 0.3) is 11.7 Å². The van der Waals surface area contributed by atoms with Crippen molar-refractivity contribution in [1.29, 1.82) is 0 Å². The van der Waals surface area contributed by atoms with E-state index in [9.17, 15) is 14.7 Å². The molecule has 3 rings (SSSR count). The topological polar surface area (TPSA) is 76.1 Å². The maximum Gasteiger partial charge on any atom is 0.295 e. The van der Waals surface area contributed by atoms with Crippen LogP contribution in [0.15, 0.2) is 48.0 Å². The maximum atomic E-state index is 13.0. The highest BCUT2D eigenvalue weighted by atomic mass is 16.5. The Morgan fingerprint density at radius 1 is 1.07 bits per heavy atom. The van der Waals surface area contributed by atoms with Crippen molar-refractivity contribution in [3.63, 3.8) is 0 Å². The van der Waals surface area contributed by atoms with Crippen molar-refractivity contribution in [2.75, 3.05) is 27.4 Å². The van der Waals surface area contributed by atoms with Gasteiger partial charge < -0.3 is 19.5 Å². The van der Waals surface area contributed by atoms with Gasteiger partial charge >= 0.3 is 0 Å². The van der Waals surface area contributed by atoms with Crippen LogP contribution in [0.3, 0.4) is 0 Å². The molecule has 30 heavy (non-hydrogen) atoms. The average molecular weight is 409 g/mol. The van der Waals surface area contributed by atoms with Crippen LogP contribution < -0.4 is 4.74 Å². The molecule has 1 aliphatic heterocycles. The summed E-state index contributed by atoms with van der Waals surface area (Å²) in [5, 5.41) is 11.1. The van der Waals surface area contributed by atoms with Crippen LogP contribution in [0.1, 0.15) is 34.7 Å². The van der Waals surface area contributed by atoms with E-state index in [1.165, 1.54) is 4.90 Å². The molecular formula is C24H27NO5. The number of methoxy groups -OCH3 is 2. The number of benzene rings is 2. The van der Waals surface area contributed by atoms with E-state index in [0.717, 1.165) is 16.7 Å². The fourth-order valence-electron chi connectivity index (χ4n) is 3.77. The average Bonchev–Trinajstić information content (AvgIpc) is 2.99. The first kappa shape index (κ1) is 21.6. The molecule has 1 saturated heterocycles. The minimum atomic E-state index is -0.677. The predicted molar refractivity (Wildman–Crippen MR) is 114 cm³/mol. The number of hydrogen-bond donors (Lipinski definition) is 1. The largest absolute Gasteiger partial charge is 0.507 e. The van der Waals surface area contributed by atoms with Crippen LogP contribution in [-0.2, 0) is 14.3 Å². The van der Waals surface area contributed by atoms with Gasteiger partial charge in [-0.05, 0) is 49.6 Å². The Kier molecular flexibility index (Phi) is 6.57. The number of Topliss-reactive ketones (excluding diaryl/α,β-unsaturated/α-hetero) is 1. The molecule has 1 atom stereocenters. The Hall–Kier alpha value is -3.12. The summed E-state index contributed by atoms with van der Waals surface area (Å²) in [7, 11) is 3.17. The van der Waals surface area contributed by atoms with Crippen LogP contribution in [0.25, 0.3) is 5.76 Å². The number of aliphatic hydroxyl groups is 1. The molecule has 0 bridgehead atoms. The van der Waals surface area contributed by atoms with Gasteiger partial charge in [-0.1, -0.05) is 29.8 Å². The van der Waals surface area contributed by atoms with Crippen molar-refractivity contribution in [3.05, 3.63) is 70.3 Å². The van der Waals surface area contributed by atoms with Gasteiger partial charge in [0.1, 0.15) is 11.5 Å². The molecule has 1 aliphatic rings. The number of nitrogens with zero attached hydrogens (tertiary/aromatic N) is 1. The number of likely N-dealkylation sites (tertiary alicyclic amines) is 1. The normalized spacial score (nSPS) is 18.1. The van der Waals surface area contributed by atoms with E-state index in [4.69, 9.17) is 9.47 Å². The highest BCUT2D eigenvalue weighted by Gasteiger charge is 2.45. The molecule has 0 unspecified atom stereocenters. The van der Waals surface area contributed by atoms with Crippen LogP contribution in [0.2, 0.25) is 0 Å². The first-order chi connectivity index (χ1) is 14.4. The number of aryl methyl sites for hydroxylation is 2. The molecule has 0 radical (unpaired) electrons. The Bertz CT molecular complexity index is 978. The summed E-state index contributed by atoms with van der Waals surface area (Å²) in [6.07, 6.45) is 0.591. The van der Waals surface area contributed by atoms with E-state index in [1.54, 1.807) is 32.4 Å². The third-order valence-electron chi connectivity index (χ3n) is 5.35. The third-order valence-corrected chi connectivity index (χ3v) is 5.35. The maximum absolute atomic E-state index is 13.0. The van der Waals surface area contributed by atoms with Crippen molar-refractivity contribution in [2.24, 2.45) is 0 Å². The second kappa shape index (κ2) is 9.13.